The zero-order chi connectivity index (χ0) is 25.0. The number of aromatic nitrogens is 2. The average molecular weight is 488 g/mol. The normalized spacial score (nSPS) is 14.6. The van der Waals surface area contributed by atoms with E-state index in [1.807, 2.05) is 12.1 Å². The van der Waals surface area contributed by atoms with Crippen LogP contribution in [-0.2, 0) is 23.8 Å². The number of carbonyl (C=O) groups excluding carboxylic acids is 1. The van der Waals surface area contributed by atoms with Crippen molar-refractivity contribution in [2.75, 3.05) is 19.6 Å². The van der Waals surface area contributed by atoms with Crippen molar-refractivity contribution in [2.45, 2.75) is 51.8 Å². The first-order valence-electron chi connectivity index (χ1n) is 11.7. The van der Waals surface area contributed by atoms with Gasteiger partial charge in [0.2, 0.25) is 5.82 Å². The van der Waals surface area contributed by atoms with E-state index in [0.717, 1.165) is 56.8 Å². The molecule has 0 bridgehead atoms. The van der Waals surface area contributed by atoms with E-state index in [1.54, 1.807) is 13.8 Å². The summed E-state index contributed by atoms with van der Waals surface area (Å²) >= 11 is 0. The Morgan fingerprint density at radius 2 is 1.83 bits per heavy atom. The molecule has 0 aliphatic carbocycles. The van der Waals surface area contributed by atoms with Gasteiger partial charge in [-0.15, -0.1) is 0 Å². The molecular weight excluding hydrogens is 459 g/mol. The standard InChI is InChI=1S/C26H28F3N3O3/c1-17(2)34-23-8-7-21(16-22(23)26(27,28)29)25-30-24(31-35-25)20-6-5-18-9-12-32(11-3-4-14-33)13-10-19(18)15-20/h5-8,14-17H,3-4,9-13H2,1-2H3. The summed E-state index contributed by atoms with van der Waals surface area (Å²) in [5.41, 5.74) is 2.50. The molecule has 1 aromatic heterocycles. The van der Waals surface area contributed by atoms with Gasteiger partial charge in [0, 0.05) is 30.6 Å². The highest BCUT2D eigenvalue weighted by molar-refractivity contribution is 5.63. The number of hydrogen-bond donors (Lipinski definition) is 0. The van der Waals surface area contributed by atoms with Crippen LogP contribution in [0.4, 0.5) is 13.2 Å². The number of carbonyl (C=O) groups is 1. The van der Waals surface area contributed by atoms with Gasteiger partial charge in [0.15, 0.2) is 0 Å². The molecule has 0 saturated heterocycles. The van der Waals surface area contributed by atoms with Gasteiger partial charge in [-0.25, -0.2) is 0 Å². The van der Waals surface area contributed by atoms with E-state index < -0.39 is 17.8 Å². The summed E-state index contributed by atoms with van der Waals surface area (Å²) in [6.45, 7) is 6.08. The van der Waals surface area contributed by atoms with Crippen LogP contribution in [0.2, 0.25) is 0 Å². The molecule has 4 rings (SSSR count). The summed E-state index contributed by atoms with van der Waals surface area (Å²) in [5, 5.41) is 4.02. The molecule has 0 N–H and O–H groups in total. The van der Waals surface area contributed by atoms with Crippen LogP contribution in [-0.4, -0.2) is 47.1 Å². The van der Waals surface area contributed by atoms with Gasteiger partial charge in [0.25, 0.3) is 5.89 Å². The van der Waals surface area contributed by atoms with Gasteiger partial charge in [0.05, 0.1) is 11.7 Å². The Morgan fingerprint density at radius 1 is 1.09 bits per heavy atom. The number of fused-ring (bicyclic) bond motifs is 1. The summed E-state index contributed by atoms with van der Waals surface area (Å²) in [6, 6.07) is 9.74. The average Bonchev–Trinajstić information content (AvgIpc) is 3.21. The third-order valence-corrected chi connectivity index (χ3v) is 5.98. The Balaban J connectivity index is 1.54. The number of alkyl halides is 3. The number of benzene rings is 2. The van der Waals surface area contributed by atoms with Gasteiger partial charge in [0.1, 0.15) is 12.0 Å². The number of rotatable bonds is 8. The Labute approximate surface area is 202 Å². The van der Waals surface area contributed by atoms with Crippen molar-refractivity contribution in [3.63, 3.8) is 0 Å². The second-order valence-electron chi connectivity index (χ2n) is 8.93. The van der Waals surface area contributed by atoms with E-state index in [0.29, 0.717) is 12.2 Å². The van der Waals surface area contributed by atoms with E-state index in [9.17, 15) is 18.0 Å². The van der Waals surface area contributed by atoms with E-state index in [4.69, 9.17) is 9.26 Å². The molecule has 1 aliphatic heterocycles. The van der Waals surface area contributed by atoms with E-state index >= 15 is 0 Å². The molecule has 0 spiro atoms. The molecule has 3 aromatic rings. The first-order chi connectivity index (χ1) is 16.7. The second kappa shape index (κ2) is 10.6. The van der Waals surface area contributed by atoms with Crippen molar-refractivity contribution in [3.05, 3.63) is 53.1 Å². The van der Waals surface area contributed by atoms with Crippen LogP contribution in [0.25, 0.3) is 22.8 Å². The summed E-state index contributed by atoms with van der Waals surface area (Å²) in [6.07, 6.45) is -0.811. The molecule has 0 unspecified atom stereocenters. The molecule has 9 heteroatoms. The maximum absolute atomic E-state index is 13.6. The molecule has 0 amide bonds. The Bertz CT molecular complexity index is 1170. The SMILES string of the molecule is CC(C)Oc1ccc(-c2nc(-c3ccc4c(c3)CCN(CCCC=O)CC4)no2)cc1C(F)(F)F. The molecule has 6 nitrogen and oxygen atoms in total. The molecular formula is C26H28F3N3O3. The predicted octanol–water partition coefficient (Wildman–Crippen LogP) is 5.59. The summed E-state index contributed by atoms with van der Waals surface area (Å²) in [4.78, 5) is 17.3. The Kier molecular flexibility index (Phi) is 7.54. The third-order valence-electron chi connectivity index (χ3n) is 5.98. The van der Waals surface area contributed by atoms with Gasteiger partial charge in [-0.1, -0.05) is 17.3 Å². The Hall–Kier alpha value is -3.20. The number of hydrogen-bond acceptors (Lipinski definition) is 6. The second-order valence-corrected chi connectivity index (χ2v) is 8.93. The number of ether oxygens (including phenoxy) is 1. The minimum atomic E-state index is -4.58. The lowest BCUT2D eigenvalue weighted by Gasteiger charge is -2.18. The van der Waals surface area contributed by atoms with Crippen LogP contribution in [0.5, 0.6) is 5.75 Å². The van der Waals surface area contributed by atoms with Crippen molar-refractivity contribution < 1.29 is 27.2 Å². The first-order valence-corrected chi connectivity index (χ1v) is 11.7. The fourth-order valence-corrected chi connectivity index (χ4v) is 4.23. The van der Waals surface area contributed by atoms with Crippen molar-refractivity contribution in [3.8, 4) is 28.6 Å². The quantitative estimate of drug-likeness (QED) is 0.305. The smallest absolute Gasteiger partial charge is 0.419 e. The van der Waals surface area contributed by atoms with Gasteiger partial charge in [-0.3, -0.25) is 0 Å². The predicted molar refractivity (Wildman–Crippen MR) is 125 cm³/mol. The van der Waals surface area contributed by atoms with Crippen molar-refractivity contribution >= 4 is 6.29 Å². The highest BCUT2D eigenvalue weighted by Gasteiger charge is 2.35. The Morgan fingerprint density at radius 3 is 2.54 bits per heavy atom. The van der Waals surface area contributed by atoms with E-state index in [-0.39, 0.29) is 17.2 Å². The largest absolute Gasteiger partial charge is 0.490 e. The molecule has 0 saturated carbocycles. The highest BCUT2D eigenvalue weighted by Crippen LogP contribution is 2.39. The minimum Gasteiger partial charge on any atom is -0.490 e. The minimum absolute atomic E-state index is 0.0119. The van der Waals surface area contributed by atoms with Crippen molar-refractivity contribution in [1.29, 1.82) is 0 Å². The molecule has 0 fully saturated rings. The van der Waals surface area contributed by atoms with Crippen LogP contribution >= 0.6 is 0 Å². The molecule has 0 atom stereocenters. The van der Waals surface area contributed by atoms with Crippen LogP contribution < -0.4 is 4.74 Å². The summed E-state index contributed by atoms with van der Waals surface area (Å²) < 4.78 is 51.5. The first kappa shape index (κ1) is 24.9. The fraction of sp³-hybridized carbons (Fsp3) is 0.423. The van der Waals surface area contributed by atoms with Gasteiger partial charge < -0.3 is 19.0 Å². The highest BCUT2D eigenvalue weighted by atomic mass is 19.4. The topological polar surface area (TPSA) is 68.5 Å². The molecule has 35 heavy (non-hydrogen) atoms. The lowest BCUT2D eigenvalue weighted by atomic mass is 10.00. The maximum Gasteiger partial charge on any atom is 0.419 e. The van der Waals surface area contributed by atoms with Crippen LogP contribution in [0.3, 0.4) is 0 Å². The van der Waals surface area contributed by atoms with E-state index in [1.165, 1.54) is 23.3 Å². The van der Waals surface area contributed by atoms with Crippen molar-refractivity contribution in [1.82, 2.24) is 15.0 Å². The lowest BCUT2D eigenvalue weighted by molar-refractivity contribution is -0.139. The maximum atomic E-state index is 13.6. The van der Waals surface area contributed by atoms with Crippen LogP contribution in [0, 0.1) is 0 Å². The number of unbranched alkanes of at least 4 members (excludes halogenated alkanes) is 1. The number of nitrogens with zero attached hydrogens (tertiary/aromatic N) is 3. The monoisotopic (exact) mass is 487 g/mol. The van der Waals surface area contributed by atoms with E-state index in [2.05, 4.69) is 21.1 Å². The molecule has 2 aromatic carbocycles. The fourth-order valence-electron chi connectivity index (χ4n) is 4.23. The van der Waals surface area contributed by atoms with Gasteiger partial charge >= 0.3 is 6.18 Å². The summed E-state index contributed by atoms with van der Waals surface area (Å²) in [5.74, 6) is 0.103. The summed E-state index contributed by atoms with van der Waals surface area (Å²) in [7, 11) is 0. The third kappa shape index (κ3) is 6.08. The van der Waals surface area contributed by atoms with Gasteiger partial charge in [-0.2, -0.15) is 18.2 Å². The molecule has 1 aliphatic rings. The molecule has 2 heterocycles. The lowest BCUT2D eigenvalue weighted by Crippen LogP contribution is -2.27. The number of halogens is 3. The zero-order valence-corrected chi connectivity index (χ0v) is 19.8. The molecule has 0 radical (unpaired) electrons. The zero-order valence-electron chi connectivity index (χ0n) is 19.8. The van der Waals surface area contributed by atoms with Gasteiger partial charge in [-0.05, 0) is 75.0 Å². The molecule has 186 valence electrons. The van der Waals surface area contributed by atoms with Crippen LogP contribution in [0.1, 0.15) is 43.4 Å². The number of aldehydes is 1. The van der Waals surface area contributed by atoms with Crippen LogP contribution in [0.15, 0.2) is 40.9 Å². The van der Waals surface area contributed by atoms with Crippen molar-refractivity contribution in [2.24, 2.45) is 0 Å².